The van der Waals surface area contributed by atoms with Crippen molar-refractivity contribution in [2.24, 2.45) is 0 Å². The van der Waals surface area contributed by atoms with Gasteiger partial charge in [0, 0.05) is 6.54 Å². The quantitative estimate of drug-likeness (QED) is 0.767. The van der Waals surface area contributed by atoms with Crippen LogP contribution in [0.3, 0.4) is 0 Å². The van der Waals surface area contributed by atoms with Gasteiger partial charge >= 0.3 is 5.97 Å². The van der Waals surface area contributed by atoms with Gasteiger partial charge in [0.25, 0.3) is 0 Å². The molecule has 0 aliphatic heterocycles. The molecule has 6 heteroatoms. The van der Waals surface area contributed by atoms with E-state index in [1.165, 1.54) is 0 Å². The average Bonchev–Trinajstić information content (AvgIpc) is 2.81. The molecule has 0 aliphatic rings. The van der Waals surface area contributed by atoms with Crippen LogP contribution in [0.25, 0.3) is 10.2 Å². The molecule has 2 aromatic rings. The summed E-state index contributed by atoms with van der Waals surface area (Å²) in [4.78, 5) is 22.4. The molecule has 2 aromatic heterocycles. The number of rotatable bonds is 6. The summed E-state index contributed by atoms with van der Waals surface area (Å²) in [5.41, 5.74) is 2.10. The predicted molar refractivity (Wildman–Crippen MR) is 81.3 cm³/mol. The first-order valence-electron chi connectivity index (χ1n) is 6.76. The van der Waals surface area contributed by atoms with Crippen molar-refractivity contribution >= 4 is 33.3 Å². The van der Waals surface area contributed by atoms with Gasteiger partial charge in [-0.15, -0.1) is 11.3 Å². The fraction of sp³-hybridized carbons (Fsp3) is 0.500. The molecular formula is C14H19N3O2S. The molecule has 0 fully saturated rings. The lowest BCUT2D eigenvalue weighted by Gasteiger charge is -2.22. The second kappa shape index (κ2) is 6.65. The Balaban J connectivity index is 2.33. The molecule has 2 heterocycles. The number of ether oxygens (including phenoxy) is 1. The Bertz CT molecular complexity index is 597. The second-order valence-corrected chi connectivity index (χ2v) is 5.40. The van der Waals surface area contributed by atoms with E-state index in [1.54, 1.807) is 17.7 Å². The highest BCUT2D eigenvalue weighted by Gasteiger charge is 2.17. The van der Waals surface area contributed by atoms with Gasteiger partial charge in [0.1, 0.15) is 12.9 Å². The SMILES string of the molecule is CCCN(CC(=O)OCC)c1ncnc2c(C)csc12. The van der Waals surface area contributed by atoms with Gasteiger partial charge in [-0.05, 0) is 31.2 Å². The first-order valence-corrected chi connectivity index (χ1v) is 7.64. The van der Waals surface area contributed by atoms with Crippen LogP contribution < -0.4 is 4.90 Å². The number of nitrogens with zero attached hydrogens (tertiary/aromatic N) is 3. The maximum absolute atomic E-state index is 11.7. The van der Waals surface area contributed by atoms with Crippen LogP contribution in [0.15, 0.2) is 11.7 Å². The van der Waals surface area contributed by atoms with Crippen LogP contribution in [0.2, 0.25) is 0 Å². The summed E-state index contributed by atoms with van der Waals surface area (Å²) in [5.74, 6) is 0.601. The molecule has 0 saturated carbocycles. The lowest BCUT2D eigenvalue weighted by atomic mass is 10.3. The molecule has 0 bridgehead atoms. The highest BCUT2D eigenvalue weighted by atomic mass is 32.1. The van der Waals surface area contributed by atoms with Crippen LogP contribution in [-0.4, -0.2) is 35.6 Å². The van der Waals surface area contributed by atoms with Crippen molar-refractivity contribution in [3.63, 3.8) is 0 Å². The summed E-state index contributed by atoms with van der Waals surface area (Å²) in [5, 5.41) is 2.07. The summed E-state index contributed by atoms with van der Waals surface area (Å²) in [6.07, 6.45) is 2.50. The summed E-state index contributed by atoms with van der Waals surface area (Å²) in [7, 11) is 0. The van der Waals surface area contributed by atoms with Gasteiger partial charge in [-0.25, -0.2) is 9.97 Å². The Morgan fingerprint density at radius 2 is 2.20 bits per heavy atom. The molecule has 108 valence electrons. The molecule has 5 nitrogen and oxygen atoms in total. The fourth-order valence-electron chi connectivity index (χ4n) is 2.07. The minimum atomic E-state index is -0.221. The zero-order chi connectivity index (χ0) is 14.5. The van der Waals surface area contributed by atoms with E-state index in [0.29, 0.717) is 6.61 Å². The summed E-state index contributed by atoms with van der Waals surface area (Å²) >= 11 is 1.62. The summed E-state index contributed by atoms with van der Waals surface area (Å²) in [6, 6.07) is 0. The van der Waals surface area contributed by atoms with E-state index in [9.17, 15) is 4.79 Å². The van der Waals surface area contributed by atoms with Gasteiger partial charge in [-0.1, -0.05) is 6.92 Å². The molecule has 0 saturated heterocycles. The third-order valence-corrected chi connectivity index (χ3v) is 4.01. The second-order valence-electron chi connectivity index (χ2n) is 4.52. The Kier molecular flexibility index (Phi) is 4.89. The van der Waals surface area contributed by atoms with Crippen molar-refractivity contribution in [2.45, 2.75) is 27.2 Å². The Morgan fingerprint density at radius 1 is 1.40 bits per heavy atom. The Morgan fingerprint density at radius 3 is 2.90 bits per heavy atom. The van der Waals surface area contributed by atoms with Crippen molar-refractivity contribution < 1.29 is 9.53 Å². The fourth-order valence-corrected chi connectivity index (χ4v) is 3.09. The van der Waals surface area contributed by atoms with E-state index >= 15 is 0 Å². The van der Waals surface area contributed by atoms with Crippen LogP contribution in [0.5, 0.6) is 0 Å². The molecule has 0 aromatic carbocycles. The predicted octanol–water partition coefficient (Wildman–Crippen LogP) is 2.78. The number of esters is 1. The van der Waals surface area contributed by atoms with Crippen molar-refractivity contribution in [1.82, 2.24) is 9.97 Å². The Hall–Kier alpha value is -1.69. The molecule has 0 spiro atoms. The van der Waals surface area contributed by atoms with Gasteiger partial charge in [0.05, 0.1) is 16.8 Å². The van der Waals surface area contributed by atoms with E-state index in [4.69, 9.17) is 4.74 Å². The van der Waals surface area contributed by atoms with Crippen LogP contribution in [-0.2, 0) is 9.53 Å². The molecule has 2 rings (SSSR count). The van der Waals surface area contributed by atoms with Crippen LogP contribution >= 0.6 is 11.3 Å². The number of hydrogen-bond acceptors (Lipinski definition) is 6. The largest absolute Gasteiger partial charge is 0.465 e. The summed E-state index contributed by atoms with van der Waals surface area (Å²) < 4.78 is 6.07. The molecule has 20 heavy (non-hydrogen) atoms. The normalized spacial score (nSPS) is 10.8. The minimum Gasteiger partial charge on any atom is -0.465 e. The van der Waals surface area contributed by atoms with E-state index < -0.39 is 0 Å². The van der Waals surface area contributed by atoms with Crippen LogP contribution in [0.1, 0.15) is 25.8 Å². The molecule has 0 N–H and O–H groups in total. The molecule has 0 unspecified atom stereocenters. The number of hydrogen-bond donors (Lipinski definition) is 0. The van der Waals surface area contributed by atoms with Gasteiger partial charge in [0.2, 0.25) is 0 Å². The van der Waals surface area contributed by atoms with Crippen molar-refractivity contribution in [3.8, 4) is 0 Å². The lowest BCUT2D eigenvalue weighted by molar-refractivity contribution is -0.141. The topological polar surface area (TPSA) is 55.3 Å². The molecule has 0 atom stereocenters. The van der Waals surface area contributed by atoms with Gasteiger partial charge in [-0.2, -0.15) is 0 Å². The average molecular weight is 293 g/mol. The first kappa shape index (κ1) is 14.7. The third-order valence-electron chi connectivity index (χ3n) is 2.93. The van der Waals surface area contributed by atoms with Gasteiger partial charge < -0.3 is 9.64 Å². The minimum absolute atomic E-state index is 0.221. The zero-order valence-corrected chi connectivity index (χ0v) is 12.9. The van der Waals surface area contributed by atoms with Gasteiger partial charge in [-0.3, -0.25) is 4.79 Å². The first-order chi connectivity index (χ1) is 9.67. The standard InChI is InChI=1S/C14H19N3O2S/c1-4-6-17(7-11(18)19-5-2)14-13-12(15-9-16-14)10(3)8-20-13/h8-9H,4-7H2,1-3H3. The number of aryl methyl sites for hydroxylation is 1. The van der Waals surface area contributed by atoms with Gasteiger partial charge in [0.15, 0.2) is 5.82 Å². The third kappa shape index (κ3) is 3.07. The number of fused-ring (bicyclic) bond motifs is 1. The molecule has 0 amide bonds. The number of carbonyl (C=O) groups excluding carboxylic acids is 1. The number of thiophene rings is 1. The molecule has 0 aliphatic carbocycles. The molecule has 0 radical (unpaired) electrons. The van der Waals surface area contributed by atoms with Crippen LogP contribution in [0.4, 0.5) is 5.82 Å². The van der Waals surface area contributed by atoms with E-state index in [2.05, 4.69) is 22.3 Å². The maximum atomic E-state index is 11.7. The van der Waals surface area contributed by atoms with Crippen molar-refractivity contribution in [1.29, 1.82) is 0 Å². The Labute approximate surface area is 122 Å². The number of carbonyl (C=O) groups is 1. The van der Waals surface area contributed by atoms with E-state index in [-0.39, 0.29) is 12.5 Å². The van der Waals surface area contributed by atoms with E-state index in [1.807, 2.05) is 18.7 Å². The highest BCUT2D eigenvalue weighted by Crippen LogP contribution is 2.30. The zero-order valence-electron chi connectivity index (χ0n) is 12.0. The number of aromatic nitrogens is 2. The number of anilines is 1. The van der Waals surface area contributed by atoms with E-state index in [0.717, 1.165) is 34.6 Å². The monoisotopic (exact) mass is 293 g/mol. The molecular weight excluding hydrogens is 274 g/mol. The highest BCUT2D eigenvalue weighted by molar-refractivity contribution is 7.18. The van der Waals surface area contributed by atoms with Crippen molar-refractivity contribution in [2.75, 3.05) is 24.6 Å². The van der Waals surface area contributed by atoms with Crippen molar-refractivity contribution in [3.05, 3.63) is 17.3 Å². The smallest absolute Gasteiger partial charge is 0.325 e. The van der Waals surface area contributed by atoms with Crippen LogP contribution in [0, 0.1) is 6.92 Å². The maximum Gasteiger partial charge on any atom is 0.325 e. The lowest BCUT2D eigenvalue weighted by Crippen LogP contribution is -2.32. The summed E-state index contributed by atoms with van der Waals surface area (Å²) in [6.45, 7) is 7.32.